The number of ether oxygens (including phenoxy) is 2. The zero-order valence-corrected chi connectivity index (χ0v) is 18.9. The topological polar surface area (TPSA) is 99.4 Å². The van der Waals surface area contributed by atoms with Crippen LogP contribution in [0.25, 0.3) is 11.3 Å². The number of carbonyl (C=O) groups is 1. The normalized spacial score (nSPS) is 17.2. The van der Waals surface area contributed by atoms with Crippen LogP contribution in [0, 0.1) is 0 Å². The van der Waals surface area contributed by atoms with Crippen molar-refractivity contribution in [2.45, 2.75) is 25.5 Å². The molecule has 0 bridgehead atoms. The summed E-state index contributed by atoms with van der Waals surface area (Å²) in [4.78, 5) is 20.6. The van der Waals surface area contributed by atoms with Crippen LogP contribution in [-0.2, 0) is 11.2 Å². The molecule has 0 saturated carbocycles. The van der Waals surface area contributed by atoms with E-state index in [1.807, 2.05) is 19.1 Å². The summed E-state index contributed by atoms with van der Waals surface area (Å²) in [6, 6.07) is 13.1. The van der Waals surface area contributed by atoms with Gasteiger partial charge in [-0.2, -0.15) is 0 Å². The summed E-state index contributed by atoms with van der Waals surface area (Å²) in [5.74, 6) is -0.572. The Morgan fingerprint density at radius 3 is 2.81 bits per heavy atom. The number of nitrogens with zero attached hydrogens (tertiary/aromatic N) is 2. The van der Waals surface area contributed by atoms with E-state index >= 15 is 0 Å². The Kier molecular flexibility index (Phi) is 6.91. The minimum Gasteiger partial charge on any atom is -0.461 e. The summed E-state index contributed by atoms with van der Waals surface area (Å²) in [6.45, 7) is 2.75. The third-order valence-corrected chi connectivity index (χ3v) is 5.80. The molecular formula is C23H22Cl2N4O3. The molecular weight excluding hydrogens is 451 g/mol. The quantitative estimate of drug-likeness (QED) is 0.477. The second-order valence-electron chi connectivity index (χ2n) is 7.26. The van der Waals surface area contributed by atoms with Crippen LogP contribution in [0.5, 0.6) is 5.88 Å². The molecule has 0 fully saturated rings. The van der Waals surface area contributed by atoms with Crippen LogP contribution in [0.1, 0.15) is 34.6 Å². The van der Waals surface area contributed by atoms with Crippen LogP contribution in [0.3, 0.4) is 0 Å². The molecule has 1 aromatic heterocycles. The summed E-state index contributed by atoms with van der Waals surface area (Å²) < 4.78 is 11.6. The van der Waals surface area contributed by atoms with E-state index in [0.717, 1.165) is 6.42 Å². The van der Waals surface area contributed by atoms with Gasteiger partial charge in [-0.25, -0.2) is 9.97 Å². The average molecular weight is 473 g/mol. The molecule has 9 heteroatoms. The summed E-state index contributed by atoms with van der Waals surface area (Å²) in [5.41, 5.74) is 8.71. The number of amides is 1. The van der Waals surface area contributed by atoms with Crippen molar-refractivity contribution >= 4 is 29.1 Å². The van der Waals surface area contributed by atoms with Gasteiger partial charge in [-0.1, -0.05) is 47.5 Å². The highest BCUT2D eigenvalue weighted by atomic mass is 35.5. The van der Waals surface area contributed by atoms with E-state index in [9.17, 15) is 4.79 Å². The monoisotopic (exact) mass is 472 g/mol. The molecule has 2 aromatic carbocycles. The molecule has 1 heterocycles. The van der Waals surface area contributed by atoms with Gasteiger partial charge in [-0.3, -0.25) is 10.1 Å². The molecule has 1 amide bonds. The number of primary amides is 1. The Morgan fingerprint density at radius 2 is 2.06 bits per heavy atom. The minimum absolute atomic E-state index is 0.0122. The van der Waals surface area contributed by atoms with Gasteiger partial charge in [0.1, 0.15) is 12.4 Å². The van der Waals surface area contributed by atoms with Gasteiger partial charge in [-0.05, 0) is 36.2 Å². The molecule has 32 heavy (non-hydrogen) atoms. The fourth-order valence-corrected chi connectivity index (χ4v) is 4.37. The van der Waals surface area contributed by atoms with Gasteiger partial charge in [0.2, 0.25) is 5.88 Å². The highest BCUT2D eigenvalue weighted by Crippen LogP contribution is 2.34. The molecule has 166 valence electrons. The fraction of sp³-hybridized carbons (Fsp3) is 0.261. The lowest BCUT2D eigenvalue weighted by atomic mass is 10.1. The predicted molar refractivity (Wildman–Crippen MR) is 123 cm³/mol. The summed E-state index contributed by atoms with van der Waals surface area (Å²) >= 11 is 12.2. The van der Waals surface area contributed by atoms with E-state index in [2.05, 4.69) is 27.4 Å². The predicted octanol–water partition coefficient (Wildman–Crippen LogP) is 4.18. The van der Waals surface area contributed by atoms with Gasteiger partial charge < -0.3 is 15.2 Å². The lowest BCUT2D eigenvalue weighted by molar-refractivity contribution is 0.0372. The van der Waals surface area contributed by atoms with Crippen LogP contribution in [-0.4, -0.2) is 35.3 Å². The van der Waals surface area contributed by atoms with Crippen LogP contribution < -0.4 is 15.8 Å². The Hall–Kier alpha value is -2.71. The number of halogens is 2. The maximum absolute atomic E-state index is 12.0. The van der Waals surface area contributed by atoms with Crippen molar-refractivity contribution in [3.8, 4) is 17.1 Å². The fourth-order valence-electron chi connectivity index (χ4n) is 3.87. The average Bonchev–Trinajstić information content (AvgIpc) is 3.11. The van der Waals surface area contributed by atoms with Crippen molar-refractivity contribution < 1.29 is 14.3 Å². The zero-order valence-electron chi connectivity index (χ0n) is 17.3. The van der Waals surface area contributed by atoms with Crippen molar-refractivity contribution in [3.63, 3.8) is 0 Å². The highest BCUT2D eigenvalue weighted by Gasteiger charge is 2.32. The summed E-state index contributed by atoms with van der Waals surface area (Å²) in [6.07, 6.45) is 2.28. The molecule has 0 saturated heterocycles. The van der Waals surface area contributed by atoms with E-state index in [1.165, 1.54) is 17.3 Å². The Labute approximate surface area is 195 Å². The maximum Gasteiger partial charge on any atom is 0.269 e. The maximum atomic E-state index is 12.0. The van der Waals surface area contributed by atoms with E-state index in [1.54, 1.807) is 18.2 Å². The van der Waals surface area contributed by atoms with Gasteiger partial charge in [-0.15, -0.1) is 0 Å². The van der Waals surface area contributed by atoms with Gasteiger partial charge in [0, 0.05) is 23.6 Å². The molecule has 2 atom stereocenters. The molecule has 0 spiro atoms. The molecule has 0 unspecified atom stereocenters. The van der Waals surface area contributed by atoms with Crippen molar-refractivity contribution in [3.05, 3.63) is 75.5 Å². The number of nitrogens with two attached hydrogens (primary N) is 1. The van der Waals surface area contributed by atoms with Crippen LogP contribution in [0.2, 0.25) is 10.0 Å². The van der Waals surface area contributed by atoms with Crippen molar-refractivity contribution in [1.29, 1.82) is 0 Å². The van der Waals surface area contributed by atoms with Crippen LogP contribution in [0.4, 0.5) is 0 Å². The summed E-state index contributed by atoms with van der Waals surface area (Å²) in [7, 11) is 0. The first kappa shape index (κ1) is 22.5. The first-order valence-electron chi connectivity index (χ1n) is 10.2. The third kappa shape index (κ3) is 4.71. The van der Waals surface area contributed by atoms with E-state index in [-0.39, 0.29) is 36.1 Å². The first-order valence-corrected chi connectivity index (χ1v) is 10.9. The number of hydrogen-bond donors (Lipinski definition) is 2. The van der Waals surface area contributed by atoms with Crippen LogP contribution in [0.15, 0.2) is 48.7 Å². The number of fused-ring (bicyclic) bond motifs is 1. The minimum atomic E-state index is -0.738. The molecule has 3 N–H and O–H groups in total. The van der Waals surface area contributed by atoms with Gasteiger partial charge in [0.25, 0.3) is 5.91 Å². The molecule has 0 radical (unpaired) electrons. The van der Waals surface area contributed by atoms with Gasteiger partial charge >= 0.3 is 0 Å². The second kappa shape index (κ2) is 9.83. The van der Waals surface area contributed by atoms with Gasteiger partial charge in [0.05, 0.1) is 23.4 Å². The number of nitrogens with one attached hydrogen (secondary N) is 1. The third-order valence-electron chi connectivity index (χ3n) is 5.26. The van der Waals surface area contributed by atoms with Gasteiger partial charge in [0.15, 0.2) is 5.69 Å². The molecule has 4 rings (SSSR count). The number of benzene rings is 2. The molecule has 3 aromatic rings. The van der Waals surface area contributed by atoms with E-state index in [4.69, 9.17) is 38.4 Å². The number of hydrogen-bond acceptors (Lipinski definition) is 6. The molecule has 7 nitrogen and oxygen atoms in total. The molecule has 1 aliphatic carbocycles. The molecule has 0 aliphatic heterocycles. The Morgan fingerprint density at radius 1 is 1.25 bits per heavy atom. The Bertz CT molecular complexity index is 1140. The van der Waals surface area contributed by atoms with E-state index < -0.39 is 5.91 Å². The highest BCUT2D eigenvalue weighted by molar-refractivity contribution is 6.36. The SMILES string of the molecule is CCO[C@H]1Cc2ccccc2[C@H]1NCOc1cnc(-c2ccc(Cl)cc2Cl)c(C(N)=O)n1. The Balaban J connectivity index is 1.50. The summed E-state index contributed by atoms with van der Waals surface area (Å²) in [5, 5.41) is 4.17. The second-order valence-corrected chi connectivity index (χ2v) is 8.10. The van der Waals surface area contributed by atoms with Crippen molar-refractivity contribution in [2.75, 3.05) is 13.3 Å². The first-order chi connectivity index (χ1) is 15.5. The van der Waals surface area contributed by atoms with Crippen molar-refractivity contribution in [2.24, 2.45) is 5.73 Å². The number of rotatable bonds is 8. The molecule has 1 aliphatic rings. The number of carbonyl (C=O) groups excluding carboxylic acids is 1. The zero-order chi connectivity index (χ0) is 22.7. The van der Waals surface area contributed by atoms with Crippen molar-refractivity contribution in [1.82, 2.24) is 15.3 Å². The lowest BCUT2D eigenvalue weighted by Gasteiger charge is -2.22. The van der Waals surface area contributed by atoms with E-state index in [0.29, 0.717) is 22.2 Å². The number of aromatic nitrogens is 2. The largest absolute Gasteiger partial charge is 0.461 e. The van der Waals surface area contributed by atoms with Crippen LogP contribution >= 0.6 is 23.2 Å². The lowest BCUT2D eigenvalue weighted by Crippen LogP contribution is -2.33. The standard InChI is InChI=1S/C23H22Cl2N4O3/c1-2-31-18-9-13-5-3-4-6-15(13)20(18)28-12-32-19-11-27-21(22(29-19)23(26)30)16-8-7-14(24)10-17(16)25/h3-8,10-11,18,20,28H,2,9,12H2,1H3,(H2,26,30)/t18-,20+/m0/s1. The smallest absolute Gasteiger partial charge is 0.269 e.